The highest BCUT2D eigenvalue weighted by Crippen LogP contribution is 2.23. The van der Waals surface area contributed by atoms with Gasteiger partial charge in [0.05, 0.1) is 4.92 Å². The van der Waals surface area contributed by atoms with Gasteiger partial charge in [0.1, 0.15) is 23.9 Å². The van der Waals surface area contributed by atoms with E-state index in [1.165, 1.54) is 4.90 Å². The van der Waals surface area contributed by atoms with E-state index in [2.05, 4.69) is 10.6 Å². The zero-order valence-electron chi connectivity index (χ0n) is 15.9. The van der Waals surface area contributed by atoms with Gasteiger partial charge in [-0.2, -0.15) is 0 Å². The lowest BCUT2D eigenvalue weighted by Crippen LogP contribution is -2.47. The van der Waals surface area contributed by atoms with Crippen LogP contribution in [0.5, 0.6) is 0 Å². The van der Waals surface area contributed by atoms with Gasteiger partial charge in [0.25, 0.3) is 6.20 Å². The van der Waals surface area contributed by atoms with Gasteiger partial charge in [-0.3, -0.25) is 19.7 Å². The normalized spacial score (nSPS) is 17.8. The molecule has 0 spiro atoms. The molecule has 1 aromatic heterocycles. The van der Waals surface area contributed by atoms with Gasteiger partial charge < -0.3 is 25.1 Å². The van der Waals surface area contributed by atoms with Gasteiger partial charge in [-0.25, -0.2) is 0 Å². The molecule has 1 fully saturated rings. The second-order valence-electron chi connectivity index (χ2n) is 6.91. The average Bonchev–Trinajstić information content (AvgIpc) is 2.92. The minimum atomic E-state index is -1.10. The van der Waals surface area contributed by atoms with Crippen molar-refractivity contribution in [3.63, 3.8) is 0 Å². The molecule has 0 unspecified atom stereocenters. The number of rotatable bonds is 7. The third-order valence-electron chi connectivity index (χ3n) is 4.59. The number of nitrogens with zero attached hydrogens (tertiary/aromatic N) is 2. The van der Waals surface area contributed by atoms with Crippen LogP contribution in [0.15, 0.2) is 40.7 Å². The Labute approximate surface area is 166 Å². The van der Waals surface area contributed by atoms with E-state index in [-0.39, 0.29) is 11.7 Å². The summed E-state index contributed by atoms with van der Waals surface area (Å²) in [5.41, 5.74) is 1.28. The van der Waals surface area contributed by atoms with Crippen LogP contribution >= 0.6 is 0 Å². The van der Waals surface area contributed by atoms with E-state index >= 15 is 0 Å². The summed E-state index contributed by atoms with van der Waals surface area (Å²) in [7, 11) is 0. The molecule has 0 radical (unpaired) electrons. The number of amides is 1. The Morgan fingerprint density at radius 1 is 1.41 bits per heavy atom. The minimum absolute atomic E-state index is 0.0464. The maximum atomic E-state index is 12.7. The van der Waals surface area contributed by atoms with Crippen molar-refractivity contribution < 1.29 is 24.0 Å². The Morgan fingerprint density at radius 3 is 2.93 bits per heavy atom. The molecule has 3 rings (SSSR count). The molecule has 10 nitrogen and oxygen atoms in total. The van der Waals surface area contributed by atoms with Crippen molar-refractivity contribution in [2.75, 3.05) is 18.4 Å². The highest BCUT2D eigenvalue weighted by Gasteiger charge is 2.29. The van der Waals surface area contributed by atoms with Crippen LogP contribution in [0.3, 0.4) is 0 Å². The molecule has 29 heavy (non-hydrogen) atoms. The van der Waals surface area contributed by atoms with E-state index in [9.17, 15) is 19.7 Å². The number of nitro groups is 1. The van der Waals surface area contributed by atoms with Gasteiger partial charge in [-0.1, -0.05) is 0 Å². The predicted octanol–water partition coefficient (Wildman–Crippen LogP) is 2.28. The van der Waals surface area contributed by atoms with Gasteiger partial charge >= 0.3 is 5.97 Å². The number of benzene rings is 1. The van der Waals surface area contributed by atoms with E-state index in [1.807, 2.05) is 13.0 Å². The van der Waals surface area contributed by atoms with E-state index in [0.717, 1.165) is 17.3 Å². The number of furan rings is 1. The number of aliphatic carboxylic acids is 1. The van der Waals surface area contributed by atoms with Gasteiger partial charge in [-0.05, 0) is 50.5 Å². The molecule has 2 heterocycles. The molecule has 0 bridgehead atoms. The van der Waals surface area contributed by atoms with Crippen LogP contribution in [0.2, 0.25) is 0 Å². The van der Waals surface area contributed by atoms with Crippen molar-refractivity contribution in [2.45, 2.75) is 32.2 Å². The van der Waals surface area contributed by atoms with Crippen molar-refractivity contribution in [3.05, 3.63) is 52.2 Å². The number of carbonyl (C=O) groups excluding carboxylic acids is 1. The second kappa shape index (κ2) is 8.63. The summed E-state index contributed by atoms with van der Waals surface area (Å²) < 4.78 is 5.52. The van der Waals surface area contributed by atoms with Gasteiger partial charge in [0.15, 0.2) is 5.82 Å². The average molecular weight is 402 g/mol. The molecule has 1 aliphatic heterocycles. The number of carboxylic acids is 1. The minimum Gasteiger partial charge on any atom is -0.480 e. The second-order valence-corrected chi connectivity index (χ2v) is 6.91. The molecule has 1 atom stereocenters. The van der Waals surface area contributed by atoms with Crippen LogP contribution < -0.4 is 10.6 Å². The molecule has 2 aromatic rings. The van der Waals surface area contributed by atoms with Gasteiger partial charge in [0.2, 0.25) is 5.91 Å². The summed E-state index contributed by atoms with van der Waals surface area (Å²) in [5, 5.41) is 26.7. The van der Waals surface area contributed by atoms with E-state index < -0.39 is 23.5 Å². The third kappa shape index (κ3) is 5.24. The Morgan fingerprint density at radius 2 is 2.21 bits per heavy atom. The molecular weight excluding hydrogens is 380 g/mol. The quantitative estimate of drug-likeness (QED) is 0.474. The van der Waals surface area contributed by atoms with Crippen molar-refractivity contribution in [1.29, 1.82) is 0 Å². The molecule has 0 saturated carbocycles. The molecule has 3 N–H and O–H groups in total. The van der Waals surface area contributed by atoms with Gasteiger partial charge in [-0.15, -0.1) is 0 Å². The first-order chi connectivity index (χ1) is 13.8. The molecule has 1 amide bonds. The summed E-state index contributed by atoms with van der Waals surface area (Å²) in [6.45, 7) is 1.78. The van der Waals surface area contributed by atoms with E-state index in [0.29, 0.717) is 37.1 Å². The van der Waals surface area contributed by atoms with Crippen LogP contribution in [-0.2, 0) is 9.59 Å². The smallest absolute Gasteiger partial charge is 0.323 e. The van der Waals surface area contributed by atoms with Crippen molar-refractivity contribution >= 4 is 28.5 Å². The van der Waals surface area contributed by atoms with Gasteiger partial charge in [0, 0.05) is 17.6 Å². The molecular formula is C19H22N4O6. The molecule has 154 valence electrons. The summed E-state index contributed by atoms with van der Waals surface area (Å²) in [5.74, 6) is -0.687. The number of anilines is 1. The zero-order valence-corrected chi connectivity index (χ0v) is 15.9. The predicted molar refractivity (Wildman–Crippen MR) is 105 cm³/mol. The van der Waals surface area contributed by atoms with E-state index in [4.69, 9.17) is 9.52 Å². The SMILES string of the molecule is Cc1cc2cc(N/C(=C/[N+](=O)[O-])N[C@H]3CCCCN(CC(=O)O)C3=O)ccc2o1. The molecule has 1 saturated heterocycles. The van der Waals surface area contributed by atoms with Crippen LogP contribution in [0.25, 0.3) is 11.0 Å². The first-order valence-corrected chi connectivity index (χ1v) is 9.21. The van der Waals surface area contributed by atoms with Crippen molar-refractivity contribution in [3.8, 4) is 0 Å². The fraction of sp³-hybridized carbons (Fsp3) is 0.368. The first-order valence-electron chi connectivity index (χ1n) is 9.21. The fourth-order valence-electron chi connectivity index (χ4n) is 3.37. The maximum absolute atomic E-state index is 12.7. The van der Waals surface area contributed by atoms with Crippen LogP contribution in [0.1, 0.15) is 25.0 Å². The first kappa shape index (κ1) is 20.2. The summed E-state index contributed by atoms with van der Waals surface area (Å²) in [6.07, 6.45) is 2.58. The third-order valence-corrected chi connectivity index (χ3v) is 4.59. The maximum Gasteiger partial charge on any atom is 0.323 e. The largest absolute Gasteiger partial charge is 0.480 e. The number of carboxylic acid groups (broad SMARTS) is 1. The number of carbonyl (C=O) groups is 2. The number of hydrogen-bond acceptors (Lipinski definition) is 7. The molecule has 10 heteroatoms. The van der Waals surface area contributed by atoms with Crippen molar-refractivity contribution in [1.82, 2.24) is 10.2 Å². The molecule has 1 aromatic carbocycles. The highest BCUT2D eigenvalue weighted by molar-refractivity contribution is 5.86. The van der Waals surface area contributed by atoms with Crippen LogP contribution in [0.4, 0.5) is 5.69 Å². The number of nitrogens with one attached hydrogen (secondary N) is 2. The zero-order chi connectivity index (χ0) is 21.0. The number of hydrogen-bond donors (Lipinski definition) is 3. The number of likely N-dealkylation sites (tertiary alicyclic amines) is 1. The lowest BCUT2D eigenvalue weighted by molar-refractivity contribution is -0.403. The fourth-order valence-corrected chi connectivity index (χ4v) is 3.37. The standard InChI is InChI=1S/C19H22N4O6/c1-12-8-13-9-14(5-6-16(13)29-12)20-17(10-23(27)28)21-15-4-2-3-7-22(19(15)26)11-18(24)25/h5-6,8-10,15,20-21H,2-4,7,11H2,1H3,(H,24,25)/b17-10-/t15-/m0/s1. The monoisotopic (exact) mass is 402 g/mol. The Kier molecular flexibility index (Phi) is 6.01. The summed E-state index contributed by atoms with van der Waals surface area (Å²) >= 11 is 0. The molecule has 1 aliphatic rings. The Balaban J connectivity index is 1.79. The lowest BCUT2D eigenvalue weighted by Gasteiger charge is -2.24. The Bertz CT molecular complexity index is 967. The van der Waals surface area contributed by atoms with Crippen LogP contribution in [-0.4, -0.2) is 45.9 Å². The molecule has 0 aliphatic carbocycles. The highest BCUT2D eigenvalue weighted by atomic mass is 16.6. The number of aryl methyl sites for hydroxylation is 1. The summed E-state index contributed by atoms with van der Waals surface area (Å²) in [6, 6.07) is 6.35. The lowest BCUT2D eigenvalue weighted by atomic mass is 10.1. The van der Waals surface area contributed by atoms with E-state index in [1.54, 1.807) is 18.2 Å². The van der Waals surface area contributed by atoms with Crippen molar-refractivity contribution in [2.24, 2.45) is 0 Å². The topological polar surface area (TPSA) is 138 Å². The Hall–Kier alpha value is -3.56. The summed E-state index contributed by atoms with van der Waals surface area (Å²) in [4.78, 5) is 35.4. The van der Waals surface area contributed by atoms with Crippen LogP contribution in [0, 0.1) is 17.0 Å². The number of fused-ring (bicyclic) bond motifs is 1.